The quantitative estimate of drug-likeness (QED) is 0.810. The zero-order valence-electron chi connectivity index (χ0n) is 14.7. The summed E-state index contributed by atoms with van der Waals surface area (Å²) in [6, 6.07) is 8.86. The molecule has 0 unspecified atom stereocenters. The number of rotatable bonds is 7. The summed E-state index contributed by atoms with van der Waals surface area (Å²) in [5.41, 5.74) is 2.15. The van der Waals surface area contributed by atoms with E-state index in [0.29, 0.717) is 6.54 Å². The average molecular weight is 320 g/mol. The second kappa shape index (κ2) is 8.67. The highest BCUT2D eigenvalue weighted by Crippen LogP contribution is 2.21. The Labute approximate surface area is 140 Å². The smallest absolute Gasteiger partial charge is 0.0519 e. The monoisotopic (exact) mass is 320 g/mol. The zero-order valence-corrected chi connectivity index (χ0v) is 14.7. The Morgan fingerprint density at radius 1 is 1.00 bits per heavy atom. The van der Waals surface area contributed by atoms with Crippen LogP contribution < -0.4 is 4.90 Å². The van der Waals surface area contributed by atoms with E-state index in [-0.39, 0.29) is 13.2 Å². The summed E-state index contributed by atoms with van der Waals surface area (Å²) in [6.45, 7) is 5.76. The Bertz CT molecular complexity index is 449. The van der Waals surface area contributed by atoms with Gasteiger partial charge in [-0.2, -0.15) is 0 Å². The van der Waals surface area contributed by atoms with Crippen LogP contribution >= 0.6 is 0 Å². The molecular formula is C19H32N2O2. The zero-order chi connectivity index (χ0) is 16.7. The molecule has 1 fully saturated rings. The minimum atomic E-state index is -0.444. The molecule has 1 aliphatic heterocycles. The highest BCUT2D eigenvalue weighted by atomic mass is 16.3. The molecule has 0 amide bonds. The molecule has 1 saturated heterocycles. The molecule has 0 spiro atoms. The van der Waals surface area contributed by atoms with Crippen molar-refractivity contribution < 1.29 is 10.2 Å². The molecule has 4 nitrogen and oxygen atoms in total. The first-order chi connectivity index (χ1) is 11.1. The number of aliphatic hydroxyl groups is 2. The Kier molecular flexibility index (Phi) is 6.88. The van der Waals surface area contributed by atoms with E-state index in [1.807, 2.05) is 14.0 Å². The van der Waals surface area contributed by atoms with E-state index in [9.17, 15) is 10.2 Å². The van der Waals surface area contributed by atoms with Crippen molar-refractivity contribution in [2.24, 2.45) is 5.41 Å². The van der Waals surface area contributed by atoms with Gasteiger partial charge in [0.15, 0.2) is 0 Å². The molecule has 2 N–H and O–H groups in total. The van der Waals surface area contributed by atoms with Crippen molar-refractivity contribution in [3.63, 3.8) is 0 Å². The van der Waals surface area contributed by atoms with Gasteiger partial charge in [0.2, 0.25) is 0 Å². The van der Waals surface area contributed by atoms with Crippen molar-refractivity contribution in [2.45, 2.75) is 39.2 Å². The molecule has 0 atom stereocenters. The first-order valence-corrected chi connectivity index (χ1v) is 8.80. The summed E-state index contributed by atoms with van der Waals surface area (Å²) in [5.74, 6) is 0. The van der Waals surface area contributed by atoms with Crippen molar-refractivity contribution in [3.8, 4) is 0 Å². The van der Waals surface area contributed by atoms with Gasteiger partial charge in [0.05, 0.1) is 13.2 Å². The molecule has 1 aromatic rings. The van der Waals surface area contributed by atoms with Crippen LogP contribution in [0.1, 0.15) is 38.2 Å². The molecule has 0 aliphatic carbocycles. The first-order valence-electron chi connectivity index (χ1n) is 8.80. The molecule has 0 aromatic heterocycles. The number of hydrogen-bond donors (Lipinski definition) is 2. The third-order valence-corrected chi connectivity index (χ3v) is 4.78. The van der Waals surface area contributed by atoms with E-state index in [2.05, 4.69) is 34.1 Å². The predicted molar refractivity (Wildman–Crippen MR) is 95.7 cm³/mol. The van der Waals surface area contributed by atoms with Gasteiger partial charge in [-0.05, 0) is 37.6 Å². The normalized spacial score (nSPS) is 16.7. The molecule has 0 bridgehead atoms. The van der Waals surface area contributed by atoms with Gasteiger partial charge in [0.1, 0.15) is 0 Å². The fourth-order valence-corrected chi connectivity index (χ4v) is 3.31. The maximum absolute atomic E-state index is 9.41. The molecule has 2 rings (SSSR count). The number of benzene rings is 1. The fourth-order valence-electron chi connectivity index (χ4n) is 3.31. The predicted octanol–water partition coefficient (Wildman–Crippen LogP) is 2.49. The second-order valence-corrected chi connectivity index (χ2v) is 7.37. The van der Waals surface area contributed by atoms with Crippen LogP contribution in [-0.4, -0.2) is 55.0 Å². The summed E-state index contributed by atoms with van der Waals surface area (Å²) in [5, 5.41) is 18.8. The van der Waals surface area contributed by atoms with Crippen LogP contribution in [0.5, 0.6) is 0 Å². The average Bonchev–Trinajstić information content (AvgIpc) is 2.84. The lowest BCUT2D eigenvalue weighted by atomic mass is 9.92. The molecular weight excluding hydrogens is 288 g/mol. The molecule has 1 aromatic carbocycles. The van der Waals surface area contributed by atoms with Crippen LogP contribution in [0.3, 0.4) is 0 Å². The summed E-state index contributed by atoms with van der Waals surface area (Å²) in [4.78, 5) is 4.66. The lowest BCUT2D eigenvalue weighted by Gasteiger charge is -2.30. The minimum Gasteiger partial charge on any atom is -0.396 e. The van der Waals surface area contributed by atoms with Crippen LogP contribution in [0.2, 0.25) is 0 Å². The van der Waals surface area contributed by atoms with Gasteiger partial charge in [-0.25, -0.2) is 0 Å². The van der Waals surface area contributed by atoms with Crippen LogP contribution in [0.15, 0.2) is 24.3 Å². The van der Waals surface area contributed by atoms with E-state index in [1.165, 1.54) is 50.0 Å². The van der Waals surface area contributed by atoms with Gasteiger partial charge < -0.3 is 20.0 Å². The summed E-state index contributed by atoms with van der Waals surface area (Å²) in [6.07, 6.45) is 5.30. The van der Waals surface area contributed by atoms with Crippen molar-refractivity contribution in [1.82, 2.24) is 4.90 Å². The van der Waals surface area contributed by atoms with Crippen molar-refractivity contribution in [3.05, 3.63) is 29.8 Å². The highest BCUT2D eigenvalue weighted by Gasteiger charge is 2.24. The van der Waals surface area contributed by atoms with Gasteiger partial charge >= 0.3 is 0 Å². The molecule has 130 valence electrons. The summed E-state index contributed by atoms with van der Waals surface area (Å²) >= 11 is 0. The largest absolute Gasteiger partial charge is 0.396 e. The first kappa shape index (κ1) is 18.2. The highest BCUT2D eigenvalue weighted by molar-refractivity contribution is 5.47. The maximum atomic E-state index is 9.41. The molecule has 1 heterocycles. The second-order valence-electron chi connectivity index (χ2n) is 7.37. The molecule has 0 saturated carbocycles. The maximum Gasteiger partial charge on any atom is 0.0519 e. The van der Waals surface area contributed by atoms with Gasteiger partial charge in [0.25, 0.3) is 0 Å². The third-order valence-electron chi connectivity index (χ3n) is 4.78. The van der Waals surface area contributed by atoms with Crippen molar-refractivity contribution >= 4 is 5.69 Å². The lowest BCUT2D eigenvalue weighted by Crippen LogP contribution is -2.38. The van der Waals surface area contributed by atoms with Crippen LogP contribution in [-0.2, 0) is 6.54 Å². The van der Waals surface area contributed by atoms with E-state index >= 15 is 0 Å². The molecule has 0 radical (unpaired) electrons. The number of hydrogen-bond acceptors (Lipinski definition) is 4. The van der Waals surface area contributed by atoms with Gasteiger partial charge in [-0.1, -0.05) is 31.9 Å². The van der Waals surface area contributed by atoms with Gasteiger partial charge in [0, 0.05) is 37.3 Å². The Balaban J connectivity index is 1.91. The Morgan fingerprint density at radius 2 is 1.57 bits per heavy atom. The van der Waals surface area contributed by atoms with Crippen LogP contribution in [0.4, 0.5) is 5.69 Å². The van der Waals surface area contributed by atoms with Crippen molar-refractivity contribution in [2.75, 3.05) is 44.8 Å². The SMILES string of the molecule is CN(Cc1ccc(N2CCCCCC2)cc1)CC(C)(CO)CO. The van der Waals surface area contributed by atoms with Gasteiger partial charge in [-0.15, -0.1) is 0 Å². The standard InChI is InChI=1S/C19H32N2O2/c1-19(15-22,16-23)14-20(2)13-17-7-9-18(10-8-17)21-11-5-3-4-6-12-21/h7-10,22-23H,3-6,11-16H2,1-2H3. The molecule has 23 heavy (non-hydrogen) atoms. The number of anilines is 1. The van der Waals surface area contributed by atoms with E-state index in [1.54, 1.807) is 0 Å². The fraction of sp³-hybridized carbons (Fsp3) is 0.684. The summed E-state index contributed by atoms with van der Waals surface area (Å²) < 4.78 is 0. The topological polar surface area (TPSA) is 46.9 Å². The van der Waals surface area contributed by atoms with Crippen molar-refractivity contribution in [1.29, 1.82) is 0 Å². The number of nitrogens with zero attached hydrogens (tertiary/aromatic N) is 2. The van der Waals surface area contributed by atoms with Gasteiger partial charge in [-0.3, -0.25) is 0 Å². The summed E-state index contributed by atoms with van der Waals surface area (Å²) in [7, 11) is 2.03. The van der Waals surface area contributed by atoms with Crippen LogP contribution in [0.25, 0.3) is 0 Å². The Morgan fingerprint density at radius 3 is 2.09 bits per heavy atom. The minimum absolute atomic E-state index is 0.00172. The van der Waals surface area contributed by atoms with E-state index in [0.717, 1.165) is 6.54 Å². The lowest BCUT2D eigenvalue weighted by molar-refractivity contribution is 0.0402. The molecule has 4 heteroatoms. The molecule has 1 aliphatic rings. The third kappa shape index (κ3) is 5.48. The number of aliphatic hydroxyl groups excluding tert-OH is 2. The van der Waals surface area contributed by atoms with Crippen LogP contribution in [0, 0.1) is 5.41 Å². The Hall–Kier alpha value is -1.10. The van der Waals surface area contributed by atoms with E-state index < -0.39 is 5.41 Å². The van der Waals surface area contributed by atoms with E-state index in [4.69, 9.17) is 0 Å².